The minimum Gasteiger partial charge on any atom is -0.489 e. The monoisotopic (exact) mass is 409 g/mol. The molecule has 2 aromatic rings. The molecule has 4 rings (SSSR count). The van der Waals surface area contributed by atoms with Gasteiger partial charge < -0.3 is 4.74 Å². The number of carbonyl (C=O) groups is 1. The lowest BCUT2D eigenvalue weighted by atomic mass is 9.71. The van der Waals surface area contributed by atoms with Crippen LogP contribution in [0.2, 0.25) is 0 Å². The summed E-state index contributed by atoms with van der Waals surface area (Å²) in [5.74, 6) is 2.40. The summed E-state index contributed by atoms with van der Waals surface area (Å²) in [4.78, 5) is 14.8. The van der Waals surface area contributed by atoms with Crippen molar-refractivity contribution in [1.29, 1.82) is 0 Å². The van der Waals surface area contributed by atoms with Gasteiger partial charge in [0.25, 0.3) is 0 Å². The largest absolute Gasteiger partial charge is 0.489 e. The molecule has 0 unspecified atom stereocenters. The molecule has 1 saturated heterocycles. The molecule has 29 heavy (non-hydrogen) atoms. The van der Waals surface area contributed by atoms with Gasteiger partial charge in [0.15, 0.2) is 0 Å². The predicted octanol–water partition coefficient (Wildman–Crippen LogP) is 6.28. The number of rotatable bonds is 4. The number of benzene rings is 2. The Balaban J connectivity index is 1.46. The summed E-state index contributed by atoms with van der Waals surface area (Å²) in [6, 6.07) is 18.2. The van der Waals surface area contributed by atoms with Gasteiger partial charge >= 0.3 is 0 Å². The number of hydrogen-bond acceptors (Lipinski definition) is 3. The third kappa shape index (κ3) is 4.32. The Kier molecular flexibility index (Phi) is 5.65. The van der Waals surface area contributed by atoms with Crippen molar-refractivity contribution in [3.05, 3.63) is 60.2 Å². The number of amides is 1. The van der Waals surface area contributed by atoms with E-state index in [2.05, 4.69) is 37.8 Å². The molecule has 1 heterocycles. The summed E-state index contributed by atoms with van der Waals surface area (Å²) in [7, 11) is 0. The van der Waals surface area contributed by atoms with E-state index in [1.165, 1.54) is 12.8 Å². The summed E-state index contributed by atoms with van der Waals surface area (Å²) >= 11 is 1.85. The second kappa shape index (κ2) is 8.06. The van der Waals surface area contributed by atoms with Gasteiger partial charge in [-0.15, -0.1) is 11.8 Å². The van der Waals surface area contributed by atoms with Crippen molar-refractivity contribution >= 4 is 23.4 Å². The molecule has 1 saturated carbocycles. The molecule has 0 N–H and O–H groups in total. The van der Waals surface area contributed by atoms with Crippen LogP contribution in [0.25, 0.3) is 0 Å². The molecule has 1 amide bonds. The van der Waals surface area contributed by atoms with E-state index < -0.39 is 0 Å². The minimum atomic E-state index is -0.0642. The number of carbonyl (C=O) groups excluding carboxylic acids is 1. The van der Waals surface area contributed by atoms with E-state index in [0.29, 0.717) is 17.8 Å². The molecule has 1 spiro atoms. The fraction of sp³-hybridized carbons (Fsp3) is 0.480. The summed E-state index contributed by atoms with van der Waals surface area (Å²) in [5.41, 5.74) is 2.50. The minimum absolute atomic E-state index is 0.0642. The van der Waals surface area contributed by atoms with Crippen molar-refractivity contribution in [2.24, 2.45) is 11.3 Å². The highest BCUT2D eigenvalue weighted by molar-refractivity contribution is 8.02. The van der Waals surface area contributed by atoms with Gasteiger partial charge in [0.2, 0.25) is 5.91 Å². The maximum atomic E-state index is 12.8. The average molecular weight is 410 g/mol. The van der Waals surface area contributed by atoms with E-state index in [0.717, 1.165) is 35.8 Å². The van der Waals surface area contributed by atoms with Crippen LogP contribution in [0, 0.1) is 11.3 Å². The first-order valence-electron chi connectivity index (χ1n) is 10.6. The fourth-order valence-corrected chi connectivity index (χ4v) is 6.05. The van der Waals surface area contributed by atoms with Crippen LogP contribution in [0.3, 0.4) is 0 Å². The molecule has 2 fully saturated rings. The molecule has 0 atom stereocenters. The Morgan fingerprint density at radius 3 is 2.31 bits per heavy atom. The Bertz CT molecular complexity index is 833. The summed E-state index contributed by atoms with van der Waals surface area (Å²) in [6.07, 6.45) is 4.55. The van der Waals surface area contributed by atoms with E-state index in [1.807, 2.05) is 54.2 Å². The van der Waals surface area contributed by atoms with Gasteiger partial charge in [0.1, 0.15) is 12.4 Å². The molecule has 0 bridgehead atoms. The van der Waals surface area contributed by atoms with Gasteiger partial charge in [0, 0.05) is 5.69 Å². The fourth-order valence-electron chi connectivity index (χ4n) is 4.67. The second-order valence-electron chi connectivity index (χ2n) is 9.37. The number of thioether (sulfide) groups is 1. The lowest BCUT2D eigenvalue weighted by molar-refractivity contribution is -0.116. The highest BCUT2D eigenvalue weighted by Gasteiger charge is 2.49. The number of ether oxygens (including phenoxy) is 1. The van der Waals surface area contributed by atoms with E-state index in [9.17, 15) is 4.79 Å². The predicted molar refractivity (Wildman–Crippen MR) is 121 cm³/mol. The average Bonchev–Trinajstić information content (AvgIpc) is 3.03. The molecule has 0 radical (unpaired) electrons. The molecular formula is C25H31NO2S. The van der Waals surface area contributed by atoms with Crippen molar-refractivity contribution in [2.75, 3.05) is 10.7 Å². The van der Waals surface area contributed by atoms with Gasteiger partial charge in [0.05, 0.1) is 10.6 Å². The topological polar surface area (TPSA) is 29.5 Å². The third-order valence-electron chi connectivity index (χ3n) is 6.46. The SMILES string of the molecule is CC(C)(C)C1CCC2(CC1)SCC(=O)N2c1ccc(OCc2ccccc2)cc1. The lowest BCUT2D eigenvalue weighted by Gasteiger charge is -2.45. The van der Waals surface area contributed by atoms with Crippen molar-refractivity contribution in [1.82, 2.24) is 0 Å². The Labute approximate surface area is 178 Å². The lowest BCUT2D eigenvalue weighted by Crippen LogP contribution is -2.48. The van der Waals surface area contributed by atoms with Crippen LogP contribution in [0.5, 0.6) is 5.75 Å². The molecule has 4 heteroatoms. The van der Waals surface area contributed by atoms with Crippen molar-refractivity contribution in [3.8, 4) is 5.75 Å². The first kappa shape index (κ1) is 20.3. The smallest absolute Gasteiger partial charge is 0.238 e. The van der Waals surface area contributed by atoms with Crippen LogP contribution >= 0.6 is 11.8 Å². The molecule has 0 aromatic heterocycles. The normalized spacial score (nSPS) is 24.9. The van der Waals surface area contributed by atoms with Gasteiger partial charge in [-0.1, -0.05) is 51.1 Å². The zero-order valence-corrected chi connectivity index (χ0v) is 18.5. The summed E-state index contributed by atoms with van der Waals surface area (Å²) < 4.78 is 5.92. The molecular weight excluding hydrogens is 378 g/mol. The molecule has 154 valence electrons. The molecule has 3 nitrogen and oxygen atoms in total. The Hall–Kier alpha value is -1.94. The van der Waals surface area contributed by atoms with Gasteiger partial charge in [-0.3, -0.25) is 9.69 Å². The number of hydrogen-bond donors (Lipinski definition) is 0. The van der Waals surface area contributed by atoms with E-state index in [-0.39, 0.29) is 10.8 Å². The molecule has 1 aliphatic carbocycles. The van der Waals surface area contributed by atoms with Gasteiger partial charge in [-0.05, 0) is 66.8 Å². The highest BCUT2D eigenvalue weighted by Crippen LogP contribution is 2.52. The van der Waals surface area contributed by atoms with E-state index >= 15 is 0 Å². The Morgan fingerprint density at radius 2 is 1.69 bits per heavy atom. The Morgan fingerprint density at radius 1 is 1.03 bits per heavy atom. The van der Waals surface area contributed by atoms with Crippen molar-refractivity contribution < 1.29 is 9.53 Å². The van der Waals surface area contributed by atoms with Gasteiger partial charge in [-0.25, -0.2) is 0 Å². The number of anilines is 1. The van der Waals surface area contributed by atoms with Gasteiger partial charge in [-0.2, -0.15) is 0 Å². The molecule has 2 aliphatic rings. The zero-order chi connectivity index (χ0) is 20.5. The number of nitrogens with zero attached hydrogens (tertiary/aromatic N) is 1. The maximum absolute atomic E-state index is 12.8. The van der Waals surface area contributed by atoms with E-state index in [4.69, 9.17) is 4.74 Å². The summed E-state index contributed by atoms with van der Waals surface area (Å²) in [5, 5.41) is 0. The maximum Gasteiger partial charge on any atom is 0.238 e. The quantitative estimate of drug-likeness (QED) is 0.595. The summed E-state index contributed by atoms with van der Waals surface area (Å²) in [6.45, 7) is 7.58. The van der Waals surface area contributed by atoms with E-state index in [1.54, 1.807) is 0 Å². The zero-order valence-electron chi connectivity index (χ0n) is 17.7. The highest BCUT2D eigenvalue weighted by atomic mass is 32.2. The van der Waals surface area contributed by atoms with Crippen molar-refractivity contribution in [3.63, 3.8) is 0 Å². The van der Waals surface area contributed by atoms with Crippen LogP contribution < -0.4 is 9.64 Å². The van der Waals surface area contributed by atoms with Crippen LogP contribution in [0.1, 0.15) is 52.0 Å². The molecule has 2 aromatic carbocycles. The van der Waals surface area contributed by atoms with Crippen LogP contribution in [-0.4, -0.2) is 16.5 Å². The molecule has 1 aliphatic heterocycles. The van der Waals surface area contributed by atoms with Crippen LogP contribution in [-0.2, 0) is 11.4 Å². The third-order valence-corrected chi connectivity index (χ3v) is 7.98. The first-order valence-corrected chi connectivity index (χ1v) is 11.6. The standard InChI is InChI=1S/C25H31NO2S/c1-24(2,3)20-13-15-25(16-14-20)26(23(27)18-29-25)21-9-11-22(12-10-21)28-17-19-7-5-4-6-8-19/h4-12,20H,13-18H2,1-3H3. The first-order chi connectivity index (χ1) is 13.9. The van der Waals surface area contributed by atoms with Crippen molar-refractivity contribution in [2.45, 2.75) is 57.9 Å². The second-order valence-corrected chi connectivity index (χ2v) is 10.7. The van der Waals surface area contributed by atoms with Crippen LogP contribution in [0.15, 0.2) is 54.6 Å². The van der Waals surface area contributed by atoms with Crippen LogP contribution in [0.4, 0.5) is 5.69 Å².